The summed E-state index contributed by atoms with van der Waals surface area (Å²) in [6, 6.07) is 6.68. The largest absolute Gasteiger partial charge is 0.468 e. The fourth-order valence-electron chi connectivity index (χ4n) is 1.95. The zero-order valence-electron chi connectivity index (χ0n) is 11.4. The molecule has 1 atom stereocenters. The maximum Gasteiger partial charge on any atom is 0.325 e. The first-order chi connectivity index (χ1) is 9.33. The van der Waals surface area contributed by atoms with Crippen LogP contribution in [0, 0.1) is 0 Å². The predicted octanol–water partition coefficient (Wildman–Crippen LogP) is 0.840. The monoisotopic (exact) mass is 301 g/mol. The van der Waals surface area contributed by atoms with Crippen molar-refractivity contribution in [1.82, 2.24) is 0 Å². The molecule has 0 unspecified atom stereocenters. The fraction of sp³-hybridized carbons (Fsp3) is 0.462. The normalized spacial score (nSPS) is 13.0. The molecule has 0 aliphatic heterocycles. The Labute approximate surface area is 118 Å². The van der Waals surface area contributed by atoms with E-state index in [1.807, 2.05) is 24.3 Å². The van der Waals surface area contributed by atoms with E-state index >= 15 is 0 Å². The van der Waals surface area contributed by atoms with Gasteiger partial charge in [-0.05, 0) is 30.4 Å². The van der Waals surface area contributed by atoms with Crippen LogP contribution in [0.3, 0.4) is 0 Å². The molecule has 0 bridgehead atoms. The van der Waals surface area contributed by atoms with E-state index in [0.717, 1.165) is 11.1 Å². The quantitative estimate of drug-likeness (QED) is 0.508. The van der Waals surface area contributed by atoms with Crippen LogP contribution in [-0.2, 0) is 26.9 Å². The van der Waals surface area contributed by atoms with Gasteiger partial charge in [-0.1, -0.05) is 24.3 Å². The number of methoxy groups -OCH3 is 1. The van der Waals surface area contributed by atoms with E-state index in [0.29, 0.717) is 19.3 Å². The van der Waals surface area contributed by atoms with Gasteiger partial charge in [0.1, 0.15) is 6.04 Å². The van der Waals surface area contributed by atoms with Gasteiger partial charge in [-0.15, -0.1) is 0 Å². The molecule has 7 heteroatoms. The number of esters is 1. The molecule has 0 heterocycles. The maximum atomic E-state index is 11.3. The zero-order valence-corrected chi connectivity index (χ0v) is 12.3. The van der Waals surface area contributed by atoms with Crippen LogP contribution in [0.2, 0.25) is 0 Å². The second kappa shape index (κ2) is 7.55. The Balaban J connectivity index is 2.68. The highest BCUT2D eigenvalue weighted by atomic mass is 31.2. The molecule has 0 spiro atoms. The van der Waals surface area contributed by atoms with Gasteiger partial charge in [0.15, 0.2) is 0 Å². The highest BCUT2D eigenvalue weighted by molar-refractivity contribution is 7.51. The van der Waals surface area contributed by atoms with Gasteiger partial charge in [-0.25, -0.2) is 0 Å². The first kappa shape index (κ1) is 16.9. The van der Waals surface area contributed by atoms with Crippen LogP contribution in [0.4, 0.5) is 0 Å². The Kier molecular flexibility index (Phi) is 6.36. The van der Waals surface area contributed by atoms with Crippen LogP contribution in [0.1, 0.15) is 17.5 Å². The third-order valence-electron chi connectivity index (χ3n) is 2.96. The van der Waals surface area contributed by atoms with Crippen LogP contribution < -0.4 is 5.73 Å². The van der Waals surface area contributed by atoms with Crippen molar-refractivity contribution in [3.8, 4) is 0 Å². The van der Waals surface area contributed by atoms with Crippen molar-refractivity contribution in [3.63, 3.8) is 0 Å². The number of carbonyl (C=O) groups is 1. The summed E-state index contributed by atoms with van der Waals surface area (Å²) in [5.74, 6) is -0.477. The van der Waals surface area contributed by atoms with Gasteiger partial charge in [0.2, 0.25) is 0 Å². The van der Waals surface area contributed by atoms with Gasteiger partial charge in [0.05, 0.1) is 13.3 Å². The number of carbonyl (C=O) groups excluding carboxylic acids is 1. The molecule has 0 radical (unpaired) electrons. The Bertz CT molecular complexity index is 499. The standard InChI is InChI=1S/C13H20NO5P/c1-19-13(15)12(14)9-11-6-3-2-5-10(11)7-4-8-20(16,17)18/h2-3,5-6,12H,4,7-9,14H2,1H3,(H2,16,17,18)/t12-/m0/s1. The molecule has 1 rings (SSSR count). The van der Waals surface area contributed by atoms with Gasteiger partial charge in [0.25, 0.3) is 0 Å². The Morgan fingerprint density at radius 3 is 2.50 bits per heavy atom. The zero-order chi connectivity index (χ0) is 15.2. The molecule has 0 fully saturated rings. The van der Waals surface area contributed by atoms with E-state index in [1.54, 1.807) is 0 Å². The second-order valence-electron chi connectivity index (χ2n) is 4.59. The molecule has 4 N–H and O–H groups in total. The number of aryl methyl sites for hydroxylation is 1. The first-order valence-corrected chi connectivity index (χ1v) is 8.08. The maximum absolute atomic E-state index is 11.3. The minimum atomic E-state index is -3.96. The van der Waals surface area contributed by atoms with Gasteiger partial charge in [0, 0.05) is 0 Å². The van der Waals surface area contributed by atoms with Gasteiger partial charge < -0.3 is 20.3 Å². The molecule has 0 aliphatic carbocycles. The van der Waals surface area contributed by atoms with E-state index in [1.165, 1.54) is 7.11 Å². The molecule has 0 aliphatic rings. The summed E-state index contributed by atoms with van der Waals surface area (Å²) < 4.78 is 15.4. The average Bonchev–Trinajstić information content (AvgIpc) is 2.38. The molecular formula is C13H20NO5P. The molecule has 6 nitrogen and oxygen atoms in total. The second-order valence-corrected chi connectivity index (χ2v) is 6.37. The third kappa shape index (κ3) is 5.84. The molecule has 0 amide bonds. The van der Waals surface area contributed by atoms with Crippen molar-refractivity contribution in [2.75, 3.05) is 13.3 Å². The lowest BCUT2D eigenvalue weighted by Gasteiger charge is -2.13. The summed E-state index contributed by atoms with van der Waals surface area (Å²) in [6.07, 6.45) is 1.12. The summed E-state index contributed by atoms with van der Waals surface area (Å²) in [5.41, 5.74) is 7.57. The fourth-order valence-corrected chi connectivity index (χ4v) is 2.52. The summed E-state index contributed by atoms with van der Waals surface area (Å²) in [6.45, 7) is 0. The summed E-state index contributed by atoms with van der Waals surface area (Å²) in [5, 5.41) is 0. The Morgan fingerprint density at radius 2 is 1.95 bits per heavy atom. The SMILES string of the molecule is COC(=O)[C@@H](N)Cc1ccccc1CCCP(=O)(O)O. The van der Waals surface area contributed by atoms with E-state index in [-0.39, 0.29) is 6.16 Å². The van der Waals surface area contributed by atoms with Crippen molar-refractivity contribution in [1.29, 1.82) is 0 Å². The molecule has 112 valence electrons. The minimum absolute atomic E-state index is 0.148. The van der Waals surface area contributed by atoms with Crippen LogP contribution in [0.5, 0.6) is 0 Å². The summed E-state index contributed by atoms with van der Waals surface area (Å²) in [4.78, 5) is 29.0. The number of hydrogen-bond acceptors (Lipinski definition) is 4. The molecular weight excluding hydrogens is 281 g/mol. The van der Waals surface area contributed by atoms with Gasteiger partial charge in [-0.3, -0.25) is 9.36 Å². The smallest absolute Gasteiger partial charge is 0.325 e. The van der Waals surface area contributed by atoms with Gasteiger partial charge >= 0.3 is 13.6 Å². The number of benzene rings is 1. The molecule has 0 saturated carbocycles. The Morgan fingerprint density at radius 1 is 1.35 bits per heavy atom. The van der Waals surface area contributed by atoms with E-state index < -0.39 is 19.6 Å². The van der Waals surface area contributed by atoms with Crippen molar-refractivity contribution in [2.24, 2.45) is 5.73 Å². The lowest BCUT2D eigenvalue weighted by molar-refractivity contribution is -0.142. The molecule has 1 aromatic carbocycles. The molecule has 20 heavy (non-hydrogen) atoms. The molecule has 1 aromatic rings. The number of ether oxygens (including phenoxy) is 1. The van der Waals surface area contributed by atoms with Crippen molar-refractivity contribution < 1.29 is 23.9 Å². The summed E-state index contributed by atoms with van der Waals surface area (Å²) >= 11 is 0. The van der Waals surface area contributed by atoms with E-state index in [4.69, 9.17) is 15.5 Å². The van der Waals surface area contributed by atoms with Crippen molar-refractivity contribution in [2.45, 2.75) is 25.3 Å². The van der Waals surface area contributed by atoms with Gasteiger partial charge in [-0.2, -0.15) is 0 Å². The van der Waals surface area contributed by atoms with Crippen LogP contribution in [-0.4, -0.2) is 35.1 Å². The van der Waals surface area contributed by atoms with Crippen molar-refractivity contribution in [3.05, 3.63) is 35.4 Å². The topological polar surface area (TPSA) is 110 Å². The van der Waals surface area contributed by atoms with E-state index in [9.17, 15) is 9.36 Å². The number of rotatable bonds is 7. The molecule has 0 saturated heterocycles. The van der Waals surface area contributed by atoms with Crippen LogP contribution >= 0.6 is 7.60 Å². The average molecular weight is 301 g/mol. The Hall–Kier alpha value is -1.20. The lowest BCUT2D eigenvalue weighted by atomic mass is 9.98. The van der Waals surface area contributed by atoms with E-state index in [2.05, 4.69) is 4.74 Å². The third-order valence-corrected chi connectivity index (χ3v) is 3.86. The van der Waals surface area contributed by atoms with Crippen molar-refractivity contribution >= 4 is 13.6 Å². The lowest BCUT2D eigenvalue weighted by Crippen LogP contribution is -2.33. The highest BCUT2D eigenvalue weighted by Gasteiger charge is 2.17. The molecule has 0 aromatic heterocycles. The number of nitrogens with two attached hydrogens (primary N) is 1. The highest BCUT2D eigenvalue weighted by Crippen LogP contribution is 2.35. The predicted molar refractivity (Wildman–Crippen MR) is 75.4 cm³/mol. The minimum Gasteiger partial charge on any atom is -0.468 e. The first-order valence-electron chi connectivity index (χ1n) is 6.28. The van der Waals surface area contributed by atoms with Crippen LogP contribution in [0.25, 0.3) is 0 Å². The number of hydrogen-bond donors (Lipinski definition) is 3. The summed E-state index contributed by atoms with van der Waals surface area (Å²) in [7, 11) is -2.68. The van der Waals surface area contributed by atoms with Crippen LogP contribution in [0.15, 0.2) is 24.3 Å².